The molecule has 0 saturated carbocycles. The van der Waals surface area contributed by atoms with Crippen LogP contribution >= 0.6 is 12.4 Å². The standard InChI is InChI=1S/C22H17F8N5O.ClH/c23-13-8-15(25)14(24)4-10(13)3-12(31)7-19(36)34-1-2-35-16(9-34)20(33-21(35)22(28,29)30)11-5-17(26)32-18(27)6-11;/h4-6,8,12H,1-3,7,9,31H2;1H/t12-;/m1./s1. The molecule has 2 N–H and O–H groups in total. The number of aromatic nitrogens is 3. The molecule has 0 fully saturated rings. The summed E-state index contributed by atoms with van der Waals surface area (Å²) in [6, 6.07) is 1.41. The molecule has 0 radical (unpaired) electrons. The first kappa shape index (κ1) is 28.3. The summed E-state index contributed by atoms with van der Waals surface area (Å²) in [5.41, 5.74) is 4.88. The Morgan fingerprint density at radius 1 is 0.946 bits per heavy atom. The summed E-state index contributed by atoms with van der Waals surface area (Å²) in [4.78, 5) is 20.5. The molecule has 6 nitrogen and oxygen atoms in total. The quantitative estimate of drug-likeness (QED) is 0.288. The van der Waals surface area contributed by atoms with Crippen molar-refractivity contribution in [2.24, 2.45) is 5.73 Å². The van der Waals surface area contributed by atoms with E-state index in [9.17, 15) is 39.9 Å². The summed E-state index contributed by atoms with van der Waals surface area (Å²) in [6.07, 6.45) is -5.56. The lowest BCUT2D eigenvalue weighted by molar-refractivity contribution is -0.148. The van der Waals surface area contributed by atoms with Gasteiger partial charge in [0.25, 0.3) is 0 Å². The van der Waals surface area contributed by atoms with Gasteiger partial charge in [-0.05, 0) is 18.1 Å². The number of fused-ring (bicyclic) bond motifs is 1. The van der Waals surface area contributed by atoms with Crippen LogP contribution in [0.15, 0.2) is 24.3 Å². The van der Waals surface area contributed by atoms with E-state index >= 15 is 0 Å². The van der Waals surface area contributed by atoms with E-state index in [2.05, 4.69) is 9.97 Å². The molecular formula is C22H18ClF8N5O. The fourth-order valence-electron chi connectivity index (χ4n) is 4.06. The van der Waals surface area contributed by atoms with Gasteiger partial charge in [0.2, 0.25) is 23.6 Å². The Bertz CT molecular complexity index is 1310. The molecule has 1 aliphatic rings. The van der Waals surface area contributed by atoms with E-state index in [1.165, 1.54) is 4.90 Å². The van der Waals surface area contributed by atoms with Crippen molar-refractivity contribution in [2.45, 2.75) is 38.1 Å². The molecule has 3 heterocycles. The molecule has 1 aromatic carbocycles. The minimum Gasteiger partial charge on any atom is -0.335 e. The number of rotatable bonds is 5. The summed E-state index contributed by atoms with van der Waals surface area (Å²) in [5, 5.41) is 0. The van der Waals surface area contributed by atoms with Crippen molar-refractivity contribution >= 4 is 18.3 Å². The van der Waals surface area contributed by atoms with E-state index in [0.717, 1.165) is 16.7 Å². The number of alkyl halides is 3. The van der Waals surface area contributed by atoms with Gasteiger partial charge in [0.15, 0.2) is 11.6 Å². The second kappa shape index (κ2) is 10.6. The molecule has 3 aromatic rings. The van der Waals surface area contributed by atoms with Gasteiger partial charge >= 0.3 is 6.18 Å². The monoisotopic (exact) mass is 555 g/mol. The van der Waals surface area contributed by atoms with Gasteiger partial charge in [-0.15, -0.1) is 12.4 Å². The third kappa shape index (κ3) is 6.01. The molecule has 0 bridgehead atoms. The van der Waals surface area contributed by atoms with Gasteiger partial charge < -0.3 is 15.2 Å². The average molecular weight is 556 g/mol. The topological polar surface area (TPSA) is 77.0 Å². The number of amides is 1. The highest BCUT2D eigenvalue weighted by Gasteiger charge is 2.41. The zero-order valence-corrected chi connectivity index (χ0v) is 19.4. The maximum absolute atomic E-state index is 13.9. The number of hydrogen-bond donors (Lipinski definition) is 1. The van der Waals surface area contributed by atoms with E-state index in [1.54, 1.807) is 0 Å². The maximum Gasteiger partial charge on any atom is 0.449 e. The van der Waals surface area contributed by atoms with Crippen LogP contribution in [-0.2, 0) is 30.5 Å². The number of nitrogens with zero attached hydrogens (tertiary/aromatic N) is 4. The SMILES string of the molecule is Cl.N[C@@H](CC(=O)N1CCn2c(C(F)(F)F)nc(-c3cc(F)nc(F)c3)c2C1)Cc1cc(F)c(F)cc1F. The number of halogens is 9. The minimum atomic E-state index is -4.87. The summed E-state index contributed by atoms with van der Waals surface area (Å²) in [6.45, 7) is -0.850. The molecule has 2 aromatic heterocycles. The molecular weight excluding hydrogens is 538 g/mol. The number of carbonyl (C=O) groups excluding carboxylic acids is 1. The number of hydrogen-bond acceptors (Lipinski definition) is 4. The Labute approximate surface area is 210 Å². The molecule has 37 heavy (non-hydrogen) atoms. The summed E-state index contributed by atoms with van der Waals surface area (Å²) in [5.74, 6) is -8.13. The largest absolute Gasteiger partial charge is 0.449 e. The predicted octanol–water partition coefficient (Wildman–Crippen LogP) is 4.38. The van der Waals surface area contributed by atoms with Crippen LogP contribution in [-0.4, -0.2) is 37.9 Å². The van der Waals surface area contributed by atoms with E-state index < -0.39 is 53.3 Å². The molecule has 0 saturated heterocycles. The minimum absolute atomic E-state index is 0. The number of imidazole rings is 1. The Morgan fingerprint density at radius 2 is 1.57 bits per heavy atom. The Kier molecular flexibility index (Phi) is 8.12. The summed E-state index contributed by atoms with van der Waals surface area (Å²) in [7, 11) is 0. The molecule has 15 heteroatoms. The van der Waals surface area contributed by atoms with Crippen LogP contribution in [0.4, 0.5) is 35.1 Å². The highest BCUT2D eigenvalue weighted by molar-refractivity contribution is 5.85. The van der Waals surface area contributed by atoms with E-state index in [4.69, 9.17) is 5.73 Å². The van der Waals surface area contributed by atoms with Crippen molar-refractivity contribution in [1.29, 1.82) is 0 Å². The first-order valence-electron chi connectivity index (χ1n) is 10.5. The van der Waals surface area contributed by atoms with Crippen LogP contribution in [0.25, 0.3) is 11.3 Å². The van der Waals surface area contributed by atoms with Gasteiger partial charge in [-0.2, -0.15) is 26.9 Å². The highest BCUT2D eigenvalue weighted by Crippen LogP contribution is 2.36. The first-order valence-corrected chi connectivity index (χ1v) is 10.5. The molecule has 0 aliphatic carbocycles. The molecule has 200 valence electrons. The zero-order chi connectivity index (χ0) is 26.4. The van der Waals surface area contributed by atoms with Crippen molar-refractivity contribution in [3.63, 3.8) is 0 Å². The first-order chi connectivity index (χ1) is 16.8. The number of benzene rings is 1. The van der Waals surface area contributed by atoms with Crippen LogP contribution in [0.2, 0.25) is 0 Å². The Hall–Kier alpha value is -3.26. The van der Waals surface area contributed by atoms with Crippen molar-refractivity contribution in [1.82, 2.24) is 19.4 Å². The number of pyridine rings is 1. The predicted molar refractivity (Wildman–Crippen MR) is 116 cm³/mol. The van der Waals surface area contributed by atoms with Crippen molar-refractivity contribution in [3.8, 4) is 11.3 Å². The molecule has 0 spiro atoms. The maximum atomic E-state index is 13.9. The molecule has 0 unspecified atom stereocenters. The van der Waals surface area contributed by atoms with Crippen molar-refractivity contribution in [3.05, 3.63) is 70.7 Å². The fourth-order valence-corrected chi connectivity index (χ4v) is 4.06. The zero-order valence-electron chi connectivity index (χ0n) is 18.6. The van der Waals surface area contributed by atoms with E-state index in [1.807, 2.05) is 0 Å². The van der Waals surface area contributed by atoms with Crippen LogP contribution in [0, 0.1) is 29.3 Å². The second-order valence-corrected chi connectivity index (χ2v) is 8.22. The third-order valence-electron chi connectivity index (χ3n) is 5.66. The molecule has 1 amide bonds. The smallest absolute Gasteiger partial charge is 0.335 e. The third-order valence-corrected chi connectivity index (χ3v) is 5.66. The van der Waals surface area contributed by atoms with Crippen molar-refractivity contribution in [2.75, 3.05) is 6.54 Å². The highest BCUT2D eigenvalue weighted by atomic mass is 35.5. The van der Waals surface area contributed by atoms with Crippen LogP contribution in [0.1, 0.15) is 23.5 Å². The normalized spacial score (nSPS) is 14.2. The molecule has 1 atom stereocenters. The van der Waals surface area contributed by atoms with E-state index in [-0.39, 0.29) is 67.4 Å². The van der Waals surface area contributed by atoms with Crippen LogP contribution in [0.5, 0.6) is 0 Å². The van der Waals surface area contributed by atoms with Gasteiger partial charge in [0.1, 0.15) is 5.82 Å². The Morgan fingerprint density at radius 3 is 2.19 bits per heavy atom. The van der Waals surface area contributed by atoms with Gasteiger partial charge in [0, 0.05) is 49.3 Å². The average Bonchev–Trinajstić information content (AvgIpc) is 3.16. The van der Waals surface area contributed by atoms with Gasteiger partial charge in [-0.1, -0.05) is 0 Å². The second-order valence-electron chi connectivity index (χ2n) is 8.22. The summed E-state index contributed by atoms with van der Waals surface area (Å²) < 4.78 is 109. The van der Waals surface area contributed by atoms with E-state index in [0.29, 0.717) is 12.1 Å². The lowest BCUT2D eigenvalue weighted by Crippen LogP contribution is -2.42. The molecule has 4 rings (SSSR count). The van der Waals surface area contributed by atoms with Gasteiger partial charge in [-0.3, -0.25) is 4.79 Å². The summed E-state index contributed by atoms with van der Waals surface area (Å²) >= 11 is 0. The number of carbonyl (C=O) groups is 1. The van der Waals surface area contributed by atoms with Gasteiger partial charge in [-0.25, -0.2) is 18.2 Å². The van der Waals surface area contributed by atoms with Crippen LogP contribution in [0.3, 0.4) is 0 Å². The lowest BCUT2D eigenvalue weighted by Gasteiger charge is -2.30. The van der Waals surface area contributed by atoms with Crippen molar-refractivity contribution < 1.29 is 39.9 Å². The Balaban J connectivity index is 0.00000380. The van der Waals surface area contributed by atoms with Gasteiger partial charge in [0.05, 0.1) is 17.9 Å². The van der Waals surface area contributed by atoms with Crippen LogP contribution < -0.4 is 5.73 Å². The fraction of sp³-hybridized carbons (Fsp3) is 0.318. The molecule has 1 aliphatic heterocycles. The lowest BCUT2D eigenvalue weighted by atomic mass is 10.0. The number of nitrogens with two attached hydrogens (primary N) is 1.